The van der Waals surface area contributed by atoms with Gasteiger partial charge >= 0.3 is 10.4 Å². The maximum absolute atomic E-state index is 10.1. The van der Waals surface area contributed by atoms with Crippen molar-refractivity contribution in [2.45, 2.75) is 51.9 Å². The standard InChI is InChI=1S/C10H18O4S/c1-2-3-4-5-6-7-8-9-10-14-15(11,12)13/h2-8H2,1H3,(H,11,12,13). The smallest absolute Gasteiger partial charge is 0.307 e. The molecule has 0 bridgehead atoms. The molecule has 0 amide bonds. The molecule has 0 aromatic carbocycles. The van der Waals surface area contributed by atoms with E-state index < -0.39 is 10.4 Å². The Morgan fingerprint density at radius 3 is 2.33 bits per heavy atom. The molecule has 0 radical (unpaired) electrons. The van der Waals surface area contributed by atoms with E-state index in [2.05, 4.69) is 17.0 Å². The van der Waals surface area contributed by atoms with Crippen molar-refractivity contribution in [3.05, 3.63) is 0 Å². The molecule has 0 unspecified atom stereocenters. The second kappa shape index (κ2) is 8.57. The zero-order valence-electron chi connectivity index (χ0n) is 9.03. The van der Waals surface area contributed by atoms with Gasteiger partial charge in [-0.3, -0.25) is 4.55 Å². The maximum atomic E-state index is 10.1. The van der Waals surface area contributed by atoms with Gasteiger partial charge in [-0.15, -0.1) is 0 Å². The molecule has 0 spiro atoms. The van der Waals surface area contributed by atoms with Crippen LogP contribution in [0.5, 0.6) is 0 Å². The van der Waals surface area contributed by atoms with E-state index >= 15 is 0 Å². The predicted molar refractivity (Wildman–Crippen MR) is 58.4 cm³/mol. The summed E-state index contributed by atoms with van der Waals surface area (Å²) in [4.78, 5) is 0. The fraction of sp³-hybridized carbons (Fsp3) is 0.800. The minimum atomic E-state index is -4.40. The van der Waals surface area contributed by atoms with Crippen LogP contribution in [0.15, 0.2) is 0 Å². The van der Waals surface area contributed by atoms with Crippen LogP contribution in [-0.2, 0) is 14.6 Å². The number of hydrogen-bond donors (Lipinski definition) is 1. The molecule has 0 aromatic heterocycles. The van der Waals surface area contributed by atoms with Crippen LogP contribution in [0.4, 0.5) is 0 Å². The molecule has 0 aliphatic heterocycles. The van der Waals surface area contributed by atoms with Gasteiger partial charge in [0, 0.05) is 6.42 Å². The highest BCUT2D eigenvalue weighted by molar-refractivity contribution is 7.81. The molecule has 0 saturated heterocycles. The zero-order valence-corrected chi connectivity index (χ0v) is 9.85. The molecule has 0 heterocycles. The van der Waals surface area contributed by atoms with Gasteiger partial charge in [-0.05, 0) is 6.42 Å². The number of hydrogen-bond acceptors (Lipinski definition) is 3. The van der Waals surface area contributed by atoms with Gasteiger partial charge in [0.15, 0.2) is 0 Å². The summed E-state index contributed by atoms with van der Waals surface area (Å²) in [5.41, 5.74) is 0. The Bertz CT molecular complexity index is 297. The molecule has 0 rings (SSSR count). The summed E-state index contributed by atoms with van der Waals surface area (Å²) in [5.74, 6) is 2.52. The van der Waals surface area contributed by atoms with Crippen molar-refractivity contribution >= 4 is 10.4 Å². The fourth-order valence-electron chi connectivity index (χ4n) is 1.13. The predicted octanol–water partition coefficient (Wildman–Crippen LogP) is 2.52. The van der Waals surface area contributed by atoms with E-state index in [1.165, 1.54) is 25.7 Å². The lowest BCUT2D eigenvalue weighted by Crippen LogP contribution is -1.97. The molecule has 88 valence electrons. The lowest BCUT2D eigenvalue weighted by molar-refractivity contribution is 0.370. The Kier molecular flexibility index (Phi) is 8.15. The van der Waals surface area contributed by atoms with E-state index in [1.54, 1.807) is 0 Å². The minimum Gasteiger partial charge on any atom is -0.307 e. The molecule has 4 nitrogen and oxygen atoms in total. The average Bonchev–Trinajstić information content (AvgIpc) is 2.14. The van der Waals surface area contributed by atoms with Crippen molar-refractivity contribution in [3.8, 4) is 12.0 Å². The summed E-state index contributed by atoms with van der Waals surface area (Å²) < 4.78 is 32.1. The number of unbranched alkanes of at least 4 members (excludes halogenated alkanes) is 6. The first-order chi connectivity index (χ1) is 7.06. The van der Waals surface area contributed by atoms with Gasteiger partial charge in [0.05, 0.1) is 0 Å². The normalized spacial score (nSPS) is 10.5. The first-order valence-corrected chi connectivity index (χ1v) is 6.56. The van der Waals surface area contributed by atoms with Gasteiger partial charge < -0.3 is 4.18 Å². The third-order valence-electron chi connectivity index (χ3n) is 1.87. The monoisotopic (exact) mass is 234 g/mol. The molecule has 1 N–H and O–H groups in total. The zero-order chi connectivity index (χ0) is 11.6. The Morgan fingerprint density at radius 1 is 1.13 bits per heavy atom. The highest BCUT2D eigenvalue weighted by Crippen LogP contribution is 2.06. The van der Waals surface area contributed by atoms with Crippen LogP contribution in [0.2, 0.25) is 0 Å². The third kappa shape index (κ3) is 13.3. The molecule has 0 aliphatic rings. The van der Waals surface area contributed by atoms with E-state index in [-0.39, 0.29) is 0 Å². The lowest BCUT2D eigenvalue weighted by Gasteiger charge is -1.96. The average molecular weight is 234 g/mol. The summed E-state index contributed by atoms with van der Waals surface area (Å²) in [6.45, 7) is 2.16. The minimum absolute atomic E-state index is 0.599. The Balaban J connectivity index is 3.31. The molecule has 0 atom stereocenters. The van der Waals surface area contributed by atoms with E-state index in [0.29, 0.717) is 6.42 Å². The van der Waals surface area contributed by atoms with E-state index in [1.807, 2.05) is 6.11 Å². The Labute approximate surface area is 92.0 Å². The summed E-state index contributed by atoms with van der Waals surface area (Å²) in [5, 5.41) is 0. The van der Waals surface area contributed by atoms with Gasteiger partial charge in [-0.2, -0.15) is 8.42 Å². The Morgan fingerprint density at radius 2 is 1.73 bits per heavy atom. The maximum Gasteiger partial charge on any atom is 0.454 e. The Hall–Kier alpha value is -0.730. The van der Waals surface area contributed by atoms with E-state index in [9.17, 15) is 8.42 Å². The highest BCUT2D eigenvalue weighted by atomic mass is 32.3. The van der Waals surface area contributed by atoms with Crippen molar-refractivity contribution < 1.29 is 17.2 Å². The highest BCUT2D eigenvalue weighted by Gasteiger charge is 1.98. The molecule has 0 fully saturated rings. The summed E-state index contributed by atoms with van der Waals surface area (Å²) in [7, 11) is -4.40. The van der Waals surface area contributed by atoms with E-state index in [4.69, 9.17) is 4.55 Å². The molecular weight excluding hydrogens is 216 g/mol. The van der Waals surface area contributed by atoms with Crippen molar-refractivity contribution in [3.63, 3.8) is 0 Å². The quantitative estimate of drug-likeness (QED) is 0.417. The fourth-order valence-corrected chi connectivity index (χ4v) is 1.29. The summed E-state index contributed by atoms with van der Waals surface area (Å²) in [6, 6.07) is 0. The van der Waals surface area contributed by atoms with Crippen molar-refractivity contribution in [2.24, 2.45) is 0 Å². The summed E-state index contributed by atoms with van der Waals surface area (Å²) in [6.07, 6.45) is 9.49. The van der Waals surface area contributed by atoms with Crippen LogP contribution in [0, 0.1) is 12.0 Å². The second-order valence-electron chi connectivity index (χ2n) is 3.31. The van der Waals surface area contributed by atoms with Crippen LogP contribution >= 0.6 is 0 Å². The second-order valence-corrected chi connectivity index (χ2v) is 4.33. The number of rotatable bonds is 7. The van der Waals surface area contributed by atoms with Crippen LogP contribution < -0.4 is 0 Å². The molecule has 5 heteroatoms. The molecule has 0 aliphatic carbocycles. The van der Waals surface area contributed by atoms with Crippen LogP contribution in [0.1, 0.15) is 51.9 Å². The SMILES string of the molecule is CCCCCCCCC#COS(=O)(=O)O. The molecule has 0 saturated carbocycles. The summed E-state index contributed by atoms with van der Waals surface area (Å²) >= 11 is 0. The molecular formula is C10H18O4S. The van der Waals surface area contributed by atoms with Gasteiger partial charge in [-0.1, -0.05) is 44.9 Å². The van der Waals surface area contributed by atoms with Crippen LogP contribution in [0.25, 0.3) is 0 Å². The van der Waals surface area contributed by atoms with Crippen LogP contribution in [-0.4, -0.2) is 13.0 Å². The van der Waals surface area contributed by atoms with Crippen molar-refractivity contribution in [1.29, 1.82) is 0 Å². The molecule has 15 heavy (non-hydrogen) atoms. The van der Waals surface area contributed by atoms with Crippen molar-refractivity contribution in [2.75, 3.05) is 0 Å². The first-order valence-electron chi connectivity index (χ1n) is 5.20. The lowest BCUT2D eigenvalue weighted by atomic mass is 10.1. The van der Waals surface area contributed by atoms with E-state index in [0.717, 1.165) is 12.8 Å². The largest absolute Gasteiger partial charge is 0.454 e. The van der Waals surface area contributed by atoms with Gasteiger partial charge in [0.1, 0.15) is 6.11 Å². The van der Waals surface area contributed by atoms with Gasteiger partial charge in [-0.25, -0.2) is 0 Å². The topological polar surface area (TPSA) is 63.6 Å². The molecule has 0 aromatic rings. The van der Waals surface area contributed by atoms with Crippen LogP contribution in [0.3, 0.4) is 0 Å². The van der Waals surface area contributed by atoms with Gasteiger partial charge in [0.2, 0.25) is 0 Å². The van der Waals surface area contributed by atoms with Gasteiger partial charge in [0.25, 0.3) is 0 Å². The third-order valence-corrected chi connectivity index (χ3v) is 2.17. The van der Waals surface area contributed by atoms with Crippen molar-refractivity contribution in [1.82, 2.24) is 0 Å². The first kappa shape index (κ1) is 14.3.